The van der Waals surface area contributed by atoms with E-state index >= 15 is 0 Å². The van der Waals surface area contributed by atoms with Crippen LogP contribution in [0.2, 0.25) is 0 Å². The van der Waals surface area contributed by atoms with E-state index in [9.17, 15) is 4.79 Å². The van der Waals surface area contributed by atoms with Crippen molar-refractivity contribution in [3.8, 4) is 11.6 Å². The minimum Gasteiger partial charge on any atom is -0.461 e. The lowest BCUT2D eigenvalue weighted by Crippen LogP contribution is -2.28. The van der Waals surface area contributed by atoms with E-state index in [0.717, 1.165) is 16.5 Å². The Hall–Kier alpha value is -3.98. The van der Waals surface area contributed by atoms with E-state index in [4.69, 9.17) is 9.40 Å². The van der Waals surface area contributed by atoms with E-state index in [1.807, 2.05) is 60.7 Å². The molecule has 0 fully saturated rings. The zero-order valence-electron chi connectivity index (χ0n) is 17.4. The van der Waals surface area contributed by atoms with Gasteiger partial charge in [-0.25, -0.2) is 15.0 Å². The average Bonchev–Trinajstić information content (AvgIpc) is 3.63. The fourth-order valence-electron chi connectivity index (χ4n) is 3.93. The number of hydrazone groups is 1. The van der Waals surface area contributed by atoms with Crippen LogP contribution in [0.15, 0.2) is 87.7 Å². The largest absolute Gasteiger partial charge is 0.461 e. The Morgan fingerprint density at radius 1 is 1.03 bits per heavy atom. The van der Waals surface area contributed by atoms with E-state index in [1.165, 1.54) is 11.8 Å². The van der Waals surface area contributed by atoms with E-state index < -0.39 is 0 Å². The second kappa shape index (κ2) is 8.18. The van der Waals surface area contributed by atoms with Gasteiger partial charge in [-0.1, -0.05) is 54.2 Å². The molecule has 162 valence electrons. The predicted molar refractivity (Wildman–Crippen MR) is 126 cm³/mol. The number of benzene rings is 2. The van der Waals surface area contributed by atoms with Crippen LogP contribution < -0.4 is 0 Å². The molecular formula is C24H18N6O2S. The summed E-state index contributed by atoms with van der Waals surface area (Å²) in [6.45, 7) is 0. The summed E-state index contributed by atoms with van der Waals surface area (Å²) < 4.78 is 7.16. The molecule has 0 spiro atoms. The van der Waals surface area contributed by atoms with Crippen molar-refractivity contribution in [2.45, 2.75) is 17.6 Å². The van der Waals surface area contributed by atoms with E-state index in [0.29, 0.717) is 28.8 Å². The Morgan fingerprint density at radius 3 is 2.73 bits per heavy atom. The molecule has 2 aromatic carbocycles. The molecule has 33 heavy (non-hydrogen) atoms. The molecule has 0 saturated heterocycles. The highest BCUT2D eigenvalue weighted by Gasteiger charge is 2.28. The van der Waals surface area contributed by atoms with Gasteiger partial charge in [-0.05, 0) is 29.8 Å². The first-order valence-corrected chi connectivity index (χ1v) is 11.5. The van der Waals surface area contributed by atoms with Gasteiger partial charge in [0.05, 0.1) is 23.6 Å². The molecule has 5 aromatic rings. The van der Waals surface area contributed by atoms with Gasteiger partial charge >= 0.3 is 0 Å². The van der Waals surface area contributed by atoms with E-state index in [2.05, 4.69) is 15.2 Å². The highest BCUT2D eigenvalue weighted by Crippen LogP contribution is 2.30. The minimum atomic E-state index is -0.0860. The lowest BCUT2D eigenvalue weighted by Gasteiger charge is -2.22. The van der Waals surface area contributed by atoms with Crippen molar-refractivity contribution < 1.29 is 9.21 Å². The quantitative estimate of drug-likeness (QED) is 0.285. The van der Waals surface area contributed by atoms with Crippen molar-refractivity contribution in [2.75, 3.05) is 5.75 Å². The first-order valence-electron chi connectivity index (χ1n) is 10.5. The molecule has 1 aliphatic rings. The lowest BCUT2D eigenvalue weighted by atomic mass is 10.0. The molecule has 9 heteroatoms. The molecule has 8 nitrogen and oxygen atoms in total. The Morgan fingerprint density at radius 2 is 1.88 bits per heavy atom. The first kappa shape index (κ1) is 19.7. The van der Waals surface area contributed by atoms with Crippen LogP contribution in [-0.4, -0.2) is 42.5 Å². The van der Waals surface area contributed by atoms with Crippen LogP contribution in [0.4, 0.5) is 0 Å². The molecule has 1 unspecified atom stereocenters. The fourth-order valence-corrected chi connectivity index (χ4v) is 4.73. The fraction of sp³-hybridized carbons (Fsp3) is 0.125. The molecule has 0 radical (unpaired) electrons. The van der Waals surface area contributed by atoms with Crippen molar-refractivity contribution in [2.24, 2.45) is 5.10 Å². The van der Waals surface area contributed by atoms with Crippen molar-refractivity contribution in [3.05, 3.63) is 78.6 Å². The van der Waals surface area contributed by atoms with Gasteiger partial charge in [-0.15, -0.1) is 5.10 Å². The van der Waals surface area contributed by atoms with Gasteiger partial charge < -0.3 is 4.42 Å². The van der Waals surface area contributed by atoms with Crippen LogP contribution in [0.5, 0.6) is 0 Å². The highest BCUT2D eigenvalue weighted by molar-refractivity contribution is 7.99. The first-order chi connectivity index (χ1) is 16.3. The summed E-state index contributed by atoms with van der Waals surface area (Å²) in [4.78, 5) is 22.5. The normalized spacial score (nSPS) is 15.6. The topological polar surface area (TPSA) is 88.9 Å². The average molecular weight is 455 g/mol. The Kier molecular flexibility index (Phi) is 4.88. The molecule has 4 heterocycles. The van der Waals surface area contributed by atoms with Crippen molar-refractivity contribution in [1.29, 1.82) is 0 Å². The number of hydrogen-bond acceptors (Lipinski definition) is 7. The van der Waals surface area contributed by atoms with Crippen LogP contribution in [0.25, 0.3) is 28.1 Å². The molecule has 0 N–H and O–H groups in total. The molecule has 1 aliphatic heterocycles. The van der Waals surface area contributed by atoms with Gasteiger partial charge in [0.2, 0.25) is 5.82 Å². The van der Waals surface area contributed by atoms with Crippen molar-refractivity contribution >= 4 is 40.4 Å². The monoisotopic (exact) mass is 454 g/mol. The van der Waals surface area contributed by atoms with Crippen molar-refractivity contribution in [3.63, 3.8) is 0 Å². The summed E-state index contributed by atoms with van der Waals surface area (Å²) in [7, 11) is 0. The molecule has 6 rings (SSSR count). The van der Waals surface area contributed by atoms with Crippen molar-refractivity contribution in [1.82, 2.24) is 24.6 Å². The number of aromatic nitrogens is 4. The maximum atomic E-state index is 13.1. The van der Waals surface area contributed by atoms with Crippen LogP contribution in [0.3, 0.4) is 0 Å². The second-order valence-corrected chi connectivity index (χ2v) is 8.49. The van der Waals surface area contributed by atoms with Crippen LogP contribution in [0, 0.1) is 0 Å². The van der Waals surface area contributed by atoms with Crippen LogP contribution >= 0.6 is 11.8 Å². The summed E-state index contributed by atoms with van der Waals surface area (Å²) in [5.41, 5.74) is 2.53. The lowest BCUT2D eigenvalue weighted by molar-refractivity contribution is -0.130. The second-order valence-electron chi connectivity index (χ2n) is 7.55. The minimum absolute atomic E-state index is 0.0826. The predicted octanol–water partition coefficient (Wildman–Crippen LogP) is 4.59. The van der Waals surface area contributed by atoms with Gasteiger partial charge in [0, 0.05) is 18.0 Å². The number of amides is 1. The Bertz CT molecular complexity index is 1480. The molecule has 0 aliphatic carbocycles. The van der Waals surface area contributed by atoms with Gasteiger partial charge in [0.1, 0.15) is 0 Å². The molecule has 1 atom stereocenters. The molecule has 1 amide bonds. The van der Waals surface area contributed by atoms with Crippen LogP contribution in [0.1, 0.15) is 18.0 Å². The summed E-state index contributed by atoms with van der Waals surface area (Å²) in [5.74, 6) is 1.14. The maximum absolute atomic E-state index is 13.1. The molecule has 0 bridgehead atoms. The summed E-state index contributed by atoms with van der Waals surface area (Å²) in [6.07, 6.45) is 4.08. The number of para-hydroxylation sites is 1. The number of thioether (sulfide) groups is 1. The highest BCUT2D eigenvalue weighted by atomic mass is 32.2. The van der Waals surface area contributed by atoms with Gasteiger partial charge in [-0.3, -0.25) is 4.79 Å². The smallest absolute Gasteiger partial charge is 0.253 e. The molecule has 0 saturated carbocycles. The molecular weight excluding hydrogens is 436 g/mol. The zero-order valence-corrected chi connectivity index (χ0v) is 18.2. The standard InChI is InChI=1S/C24H18N6O2S/c31-21(29-19(12-13-25-29)16-7-2-1-3-8-16)15-33-24-26-18-10-5-4-9-17(18)23-27-22(28-30(23)24)20-11-6-14-32-20/h1-11,13-14,19H,12,15H2. The Labute approximate surface area is 192 Å². The number of carbonyl (C=O) groups is 1. The van der Waals surface area contributed by atoms with Crippen LogP contribution in [-0.2, 0) is 4.79 Å². The summed E-state index contributed by atoms with van der Waals surface area (Å²) in [5, 5.41) is 12.0. The third-order valence-corrected chi connectivity index (χ3v) is 6.40. The van der Waals surface area contributed by atoms with Gasteiger partial charge in [0.25, 0.3) is 5.91 Å². The third kappa shape index (κ3) is 3.56. The number of hydrogen-bond donors (Lipinski definition) is 0. The van der Waals surface area contributed by atoms with E-state index in [-0.39, 0.29) is 17.7 Å². The number of fused-ring (bicyclic) bond motifs is 3. The molecule has 3 aromatic heterocycles. The Balaban J connectivity index is 1.32. The SMILES string of the molecule is O=C(CSc1nc2ccccc2c2nc(-c3ccco3)nn12)N1N=CCC1c1ccccc1. The third-order valence-electron chi connectivity index (χ3n) is 5.49. The number of nitrogens with zero attached hydrogens (tertiary/aromatic N) is 6. The summed E-state index contributed by atoms with van der Waals surface area (Å²) in [6, 6.07) is 21.2. The number of carbonyl (C=O) groups excluding carboxylic acids is 1. The maximum Gasteiger partial charge on any atom is 0.253 e. The number of rotatable bonds is 5. The van der Waals surface area contributed by atoms with Gasteiger partial charge in [0.15, 0.2) is 16.6 Å². The summed E-state index contributed by atoms with van der Waals surface area (Å²) >= 11 is 1.32. The number of furan rings is 1. The zero-order chi connectivity index (χ0) is 22.2. The van der Waals surface area contributed by atoms with E-state index in [1.54, 1.807) is 28.1 Å². The van der Waals surface area contributed by atoms with Gasteiger partial charge in [-0.2, -0.15) is 9.62 Å².